The Hall–Kier alpha value is -1.77. The molecule has 0 bridgehead atoms. The maximum absolute atomic E-state index is 11.0. The number of carbonyl (C=O) groups is 1. The number of hydrogen-bond donors (Lipinski definition) is 2. The number of nitrogens with one attached hydrogen (secondary N) is 1. The van der Waals surface area contributed by atoms with E-state index in [-0.39, 0.29) is 5.91 Å². The van der Waals surface area contributed by atoms with E-state index in [1.165, 1.54) is 5.56 Å². The first-order valence-electron chi connectivity index (χ1n) is 4.48. The van der Waals surface area contributed by atoms with Crippen LogP contribution in [0.3, 0.4) is 0 Å². The molecule has 72 valence electrons. The van der Waals surface area contributed by atoms with Crippen LogP contribution in [0.2, 0.25) is 0 Å². The fourth-order valence-electron chi connectivity index (χ4n) is 1.61. The molecule has 0 aliphatic rings. The number of primary amides is 1. The Morgan fingerprint density at radius 3 is 2.71 bits per heavy atom. The number of amides is 1. The molecule has 3 nitrogen and oxygen atoms in total. The van der Waals surface area contributed by atoms with Gasteiger partial charge in [-0.05, 0) is 37.6 Å². The second-order valence-electron chi connectivity index (χ2n) is 3.50. The summed E-state index contributed by atoms with van der Waals surface area (Å²) >= 11 is 0. The van der Waals surface area contributed by atoms with Crippen molar-refractivity contribution in [1.82, 2.24) is 4.98 Å². The molecule has 0 fully saturated rings. The van der Waals surface area contributed by atoms with E-state index in [0.29, 0.717) is 5.56 Å². The second-order valence-corrected chi connectivity index (χ2v) is 3.50. The van der Waals surface area contributed by atoms with Crippen LogP contribution >= 0.6 is 0 Å². The van der Waals surface area contributed by atoms with Crippen LogP contribution in [0.5, 0.6) is 0 Å². The first-order chi connectivity index (χ1) is 6.59. The number of nitrogens with two attached hydrogens (primary N) is 1. The van der Waals surface area contributed by atoms with Gasteiger partial charge >= 0.3 is 0 Å². The van der Waals surface area contributed by atoms with Gasteiger partial charge in [0.1, 0.15) is 0 Å². The van der Waals surface area contributed by atoms with Crippen LogP contribution < -0.4 is 5.73 Å². The van der Waals surface area contributed by atoms with Gasteiger partial charge in [0.2, 0.25) is 5.91 Å². The summed E-state index contributed by atoms with van der Waals surface area (Å²) in [4.78, 5) is 14.2. The third-order valence-corrected chi connectivity index (χ3v) is 2.59. The van der Waals surface area contributed by atoms with Crippen LogP contribution in [0.1, 0.15) is 21.6 Å². The fourth-order valence-corrected chi connectivity index (χ4v) is 1.61. The Morgan fingerprint density at radius 2 is 2.07 bits per heavy atom. The molecule has 0 aliphatic heterocycles. The highest BCUT2D eigenvalue weighted by Gasteiger charge is 2.06. The van der Waals surface area contributed by atoms with Crippen molar-refractivity contribution < 1.29 is 4.79 Å². The molecule has 14 heavy (non-hydrogen) atoms. The van der Waals surface area contributed by atoms with Gasteiger partial charge < -0.3 is 10.7 Å². The third kappa shape index (κ3) is 1.18. The van der Waals surface area contributed by atoms with Crippen LogP contribution in [-0.2, 0) is 0 Å². The molecule has 3 N–H and O–H groups in total. The molecule has 0 atom stereocenters. The number of benzene rings is 1. The Bertz CT molecular complexity index is 511. The van der Waals surface area contributed by atoms with Crippen molar-refractivity contribution in [3.63, 3.8) is 0 Å². The molecule has 1 aromatic heterocycles. The lowest BCUT2D eigenvalue weighted by molar-refractivity contribution is 0.100. The average Bonchev–Trinajstić information content (AvgIpc) is 2.43. The summed E-state index contributed by atoms with van der Waals surface area (Å²) in [5.74, 6) is -0.384. The highest BCUT2D eigenvalue weighted by Crippen LogP contribution is 2.21. The van der Waals surface area contributed by atoms with E-state index in [4.69, 9.17) is 5.73 Å². The lowest BCUT2D eigenvalue weighted by Gasteiger charge is -1.96. The van der Waals surface area contributed by atoms with Gasteiger partial charge in [0.15, 0.2) is 0 Å². The van der Waals surface area contributed by atoms with E-state index in [1.54, 1.807) is 6.07 Å². The van der Waals surface area contributed by atoms with Crippen molar-refractivity contribution >= 4 is 16.8 Å². The monoisotopic (exact) mass is 188 g/mol. The molecule has 1 amide bonds. The van der Waals surface area contributed by atoms with E-state index in [9.17, 15) is 4.79 Å². The Morgan fingerprint density at radius 1 is 1.36 bits per heavy atom. The quantitative estimate of drug-likeness (QED) is 0.705. The highest BCUT2D eigenvalue weighted by atomic mass is 16.1. The number of aromatic amines is 1. The highest BCUT2D eigenvalue weighted by molar-refractivity contribution is 5.98. The molecule has 0 spiro atoms. The molecule has 0 saturated carbocycles. The summed E-state index contributed by atoms with van der Waals surface area (Å²) in [5, 5.41) is 1.07. The number of carbonyl (C=O) groups excluding carboxylic acids is 1. The summed E-state index contributed by atoms with van der Waals surface area (Å²) in [6.45, 7) is 4.04. The molecular formula is C11H12N2O. The minimum absolute atomic E-state index is 0.384. The SMILES string of the molecule is Cc1[nH]c2ccc(C(N)=O)cc2c1C. The van der Waals surface area contributed by atoms with Gasteiger partial charge in [-0.1, -0.05) is 0 Å². The van der Waals surface area contributed by atoms with E-state index in [0.717, 1.165) is 16.6 Å². The Labute approximate surface area is 81.9 Å². The van der Waals surface area contributed by atoms with Gasteiger partial charge in [0.25, 0.3) is 0 Å². The smallest absolute Gasteiger partial charge is 0.248 e. The van der Waals surface area contributed by atoms with Gasteiger partial charge in [-0.3, -0.25) is 4.79 Å². The van der Waals surface area contributed by atoms with Crippen LogP contribution in [0.4, 0.5) is 0 Å². The minimum Gasteiger partial charge on any atom is -0.366 e. The largest absolute Gasteiger partial charge is 0.366 e. The normalized spacial score (nSPS) is 10.7. The van der Waals surface area contributed by atoms with E-state index < -0.39 is 0 Å². The lowest BCUT2D eigenvalue weighted by atomic mass is 10.1. The maximum atomic E-state index is 11.0. The number of aryl methyl sites for hydroxylation is 2. The van der Waals surface area contributed by atoms with E-state index >= 15 is 0 Å². The van der Waals surface area contributed by atoms with E-state index in [1.807, 2.05) is 26.0 Å². The van der Waals surface area contributed by atoms with Gasteiger partial charge in [-0.2, -0.15) is 0 Å². The molecule has 0 aliphatic carbocycles. The molecule has 2 aromatic rings. The van der Waals surface area contributed by atoms with E-state index in [2.05, 4.69) is 4.98 Å². The number of rotatable bonds is 1. The first-order valence-corrected chi connectivity index (χ1v) is 4.48. The molecule has 0 unspecified atom stereocenters. The molecule has 0 saturated heterocycles. The summed E-state index contributed by atoms with van der Waals surface area (Å²) < 4.78 is 0. The zero-order valence-corrected chi connectivity index (χ0v) is 8.22. The zero-order valence-electron chi connectivity index (χ0n) is 8.22. The predicted molar refractivity (Wildman–Crippen MR) is 56.3 cm³/mol. The summed E-state index contributed by atoms with van der Waals surface area (Å²) in [6, 6.07) is 5.45. The topological polar surface area (TPSA) is 58.9 Å². The summed E-state index contributed by atoms with van der Waals surface area (Å²) in [5.41, 5.74) is 9.11. The third-order valence-electron chi connectivity index (χ3n) is 2.59. The molecule has 1 heterocycles. The Kier molecular flexibility index (Phi) is 1.81. The van der Waals surface area contributed by atoms with Gasteiger partial charge in [0.05, 0.1) is 0 Å². The van der Waals surface area contributed by atoms with Crippen LogP contribution in [0.15, 0.2) is 18.2 Å². The van der Waals surface area contributed by atoms with Crippen molar-refractivity contribution in [3.05, 3.63) is 35.0 Å². The Balaban J connectivity index is 2.76. The number of fused-ring (bicyclic) bond motifs is 1. The first kappa shape index (κ1) is 8.81. The average molecular weight is 188 g/mol. The van der Waals surface area contributed by atoms with Crippen LogP contribution in [0, 0.1) is 13.8 Å². The minimum atomic E-state index is -0.384. The molecular weight excluding hydrogens is 176 g/mol. The standard InChI is InChI=1S/C11H12N2O/c1-6-7(2)13-10-4-3-8(11(12)14)5-9(6)10/h3-5,13H,1-2H3,(H2,12,14). The van der Waals surface area contributed by atoms with Gasteiger partial charge in [-0.15, -0.1) is 0 Å². The van der Waals surface area contributed by atoms with Crippen molar-refractivity contribution in [2.75, 3.05) is 0 Å². The molecule has 2 rings (SSSR count). The van der Waals surface area contributed by atoms with Crippen LogP contribution in [0.25, 0.3) is 10.9 Å². The fraction of sp³-hybridized carbons (Fsp3) is 0.182. The number of hydrogen-bond acceptors (Lipinski definition) is 1. The predicted octanol–water partition coefficient (Wildman–Crippen LogP) is 1.88. The van der Waals surface area contributed by atoms with Gasteiger partial charge in [0, 0.05) is 22.2 Å². The summed E-state index contributed by atoms with van der Waals surface area (Å²) in [6.07, 6.45) is 0. The number of H-pyrrole nitrogens is 1. The molecule has 1 aromatic carbocycles. The maximum Gasteiger partial charge on any atom is 0.248 e. The van der Waals surface area contributed by atoms with Gasteiger partial charge in [-0.25, -0.2) is 0 Å². The van der Waals surface area contributed by atoms with Crippen molar-refractivity contribution in [3.8, 4) is 0 Å². The zero-order chi connectivity index (χ0) is 10.3. The molecule has 3 heteroatoms. The number of aromatic nitrogens is 1. The summed E-state index contributed by atoms with van der Waals surface area (Å²) in [7, 11) is 0. The van der Waals surface area contributed by atoms with Crippen LogP contribution in [-0.4, -0.2) is 10.9 Å². The molecule has 0 radical (unpaired) electrons. The second kappa shape index (κ2) is 2.87. The van der Waals surface area contributed by atoms with Crippen molar-refractivity contribution in [1.29, 1.82) is 0 Å². The lowest BCUT2D eigenvalue weighted by Crippen LogP contribution is -2.10. The van der Waals surface area contributed by atoms with Crippen molar-refractivity contribution in [2.45, 2.75) is 13.8 Å². The van der Waals surface area contributed by atoms with Crippen molar-refractivity contribution in [2.24, 2.45) is 5.73 Å².